The predicted octanol–water partition coefficient (Wildman–Crippen LogP) is 2.45. The van der Waals surface area contributed by atoms with Crippen molar-refractivity contribution in [1.82, 2.24) is 5.32 Å². The number of amides is 1. The fourth-order valence-corrected chi connectivity index (χ4v) is 2.02. The summed E-state index contributed by atoms with van der Waals surface area (Å²) >= 11 is 6.09. The predicted molar refractivity (Wildman–Crippen MR) is 74.3 cm³/mol. The van der Waals surface area contributed by atoms with Gasteiger partial charge < -0.3 is 10.4 Å². The number of hydrogen-bond acceptors (Lipinski definition) is 2. The Kier molecular flexibility index (Phi) is 4.95. The van der Waals surface area contributed by atoms with E-state index in [1.807, 2.05) is 6.07 Å². The number of carboxylic acids is 1. The second kappa shape index (κ2) is 6.06. The average Bonchev–Trinajstić information content (AvgIpc) is 2.35. The van der Waals surface area contributed by atoms with Crippen LogP contribution in [-0.4, -0.2) is 23.5 Å². The van der Waals surface area contributed by atoms with E-state index in [0.29, 0.717) is 5.02 Å². The zero-order chi connectivity index (χ0) is 14.6. The van der Waals surface area contributed by atoms with E-state index in [2.05, 4.69) is 5.32 Å². The van der Waals surface area contributed by atoms with Crippen LogP contribution < -0.4 is 5.32 Å². The van der Waals surface area contributed by atoms with E-state index < -0.39 is 17.3 Å². The van der Waals surface area contributed by atoms with E-state index in [9.17, 15) is 9.59 Å². The van der Waals surface area contributed by atoms with Gasteiger partial charge in [0.25, 0.3) is 0 Å². The molecule has 0 saturated carbocycles. The molecule has 1 rings (SSSR count). The van der Waals surface area contributed by atoms with Crippen LogP contribution in [0.25, 0.3) is 0 Å². The molecule has 4 nitrogen and oxygen atoms in total. The van der Waals surface area contributed by atoms with Crippen LogP contribution in [0.1, 0.15) is 26.3 Å². The molecular formula is C14H18ClNO3. The second-order valence-electron chi connectivity index (χ2n) is 5.05. The number of carboxylic acid groups (broad SMARTS) is 1. The molecule has 5 heteroatoms. The zero-order valence-corrected chi connectivity index (χ0v) is 12.0. The Morgan fingerprint density at radius 3 is 2.47 bits per heavy atom. The summed E-state index contributed by atoms with van der Waals surface area (Å²) in [5, 5.41) is 12.0. The first-order valence-corrected chi connectivity index (χ1v) is 6.40. The number of aliphatic carboxylic acids is 1. The smallest absolute Gasteiger partial charge is 0.308 e. The van der Waals surface area contributed by atoms with Crippen molar-refractivity contribution in [3.63, 3.8) is 0 Å². The number of halogens is 1. The quantitative estimate of drug-likeness (QED) is 0.872. The summed E-state index contributed by atoms with van der Waals surface area (Å²) in [7, 11) is 0. The fourth-order valence-electron chi connectivity index (χ4n) is 1.64. The first-order valence-electron chi connectivity index (χ1n) is 6.03. The highest BCUT2D eigenvalue weighted by molar-refractivity contribution is 6.31. The summed E-state index contributed by atoms with van der Waals surface area (Å²) in [5.41, 5.74) is -0.0894. The standard InChI is InChI=1S/C14H18ClNO3/c1-9(12(17)18)8-16-13(19)14(2,3)10-6-4-5-7-11(10)15/h4-7,9H,8H2,1-3H3,(H,16,19)(H,17,18). The van der Waals surface area contributed by atoms with Crippen molar-refractivity contribution in [2.75, 3.05) is 6.54 Å². The van der Waals surface area contributed by atoms with Gasteiger partial charge in [-0.15, -0.1) is 0 Å². The topological polar surface area (TPSA) is 66.4 Å². The molecule has 1 atom stereocenters. The lowest BCUT2D eigenvalue weighted by molar-refractivity contribution is -0.141. The first kappa shape index (κ1) is 15.5. The lowest BCUT2D eigenvalue weighted by Crippen LogP contribution is -2.42. The summed E-state index contributed by atoms with van der Waals surface area (Å²) in [6.45, 7) is 5.16. The average molecular weight is 284 g/mol. The minimum Gasteiger partial charge on any atom is -0.481 e. The van der Waals surface area contributed by atoms with Crippen molar-refractivity contribution < 1.29 is 14.7 Å². The van der Waals surface area contributed by atoms with Gasteiger partial charge in [-0.2, -0.15) is 0 Å². The maximum absolute atomic E-state index is 12.2. The first-order chi connectivity index (χ1) is 8.76. The van der Waals surface area contributed by atoms with E-state index in [1.165, 1.54) is 0 Å². The van der Waals surface area contributed by atoms with Gasteiger partial charge in [0.1, 0.15) is 0 Å². The monoisotopic (exact) mass is 283 g/mol. The van der Waals surface area contributed by atoms with Crippen LogP contribution in [-0.2, 0) is 15.0 Å². The molecule has 1 aromatic rings. The number of rotatable bonds is 5. The molecule has 0 radical (unpaired) electrons. The van der Waals surface area contributed by atoms with Gasteiger partial charge in [-0.05, 0) is 25.5 Å². The van der Waals surface area contributed by atoms with Crippen molar-refractivity contribution >= 4 is 23.5 Å². The Bertz CT molecular complexity index is 485. The van der Waals surface area contributed by atoms with Gasteiger partial charge in [0.2, 0.25) is 5.91 Å². The highest BCUT2D eigenvalue weighted by atomic mass is 35.5. The molecule has 0 saturated heterocycles. The van der Waals surface area contributed by atoms with Gasteiger partial charge in [0, 0.05) is 11.6 Å². The molecule has 0 aliphatic rings. The van der Waals surface area contributed by atoms with Gasteiger partial charge in [-0.1, -0.05) is 36.7 Å². The number of benzene rings is 1. The molecule has 1 aromatic carbocycles. The van der Waals surface area contributed by atoms with Crippen LogP contribution in [0, 0.1) is 5.92 Å². The number of carbonyl (C=O) groups excluding carboxylic acids is 1. The Morgan fingerprint density at radius 1 is 1.37 bits per heavy atom. The van der Waals surface area contributed by atoms with Crippen LogP contribution in [0.2, 0.25) is 5.02 Å². The van der Waals surface area contributed by atoms with Crippen molar-refractivity contribution in [1.29, 1.82) is 0 Å². The van der Waals surface area contributed by atoms with Gasteiger partial charge in [-0.25, -0.2) is 0 Å². The zero-order valence-electron chi connectivity index (χ0n) is 11.2. The molecular weight excluding hydrogens is 266 g/mol. The lowest BCUT2D eigenvalue weighted by Gasteiger charge is -2.25. The van der Waals surface area contributed by atoms with Crippen molar-refractivity contribution in [3.8, 4) is 0 Å². The second-order valence-corrected chi connectivity index (χ2v) is 5.46. The van der Waals surface area contributed by atoms with E-state index in [4.69, 9.17) is 16.7 Å². The molecule has 1 unspecified atom stereocenters. The third kappa shape index (κ3) is 3.70. The molecule has 19 heavy (non-hydrogen) atoms. The minimum absolute atomic E-state index is 0.0993. The van der Waals surface area contributed by atoms with Crippen molar-refractivity contribution in [3.05, 3.63) is 34.9 Å². The van der Waals surface area contributed by atoms with Gasteiger partial charge in [0.15, 0.2) is 0 Å². The molecule has 2 N–H and O–H groups in total. The number of hydrogen-bond donors (Lipinski definition) is 2. The molecule has 104 valence electrons. The molecule has 0 aliphatic heterocycles. The Morgan fingerprint density at radius 2 is 1.95 bits per heavy atom. The van der Waals surface area contributed by atoms with Gasteiger partial charge >= 0.3 is 5.97 Å². The van der Waals surface area contributed by atoms with E-state index in [-0.39, 0.29) is 12.5 Å². The summed E-state index contributed by atoms with van der Waals surface area (Å²) in [5.74, 6) is -1.80. The van der Waals surface area contributed by atoms with Crippen molar-refractivity contribution in [2.24, 2.45) is 5.92 Å². The van der Waals surface area contributed by atoms with E-state index in [1.54, 1.807) is 39.0 Å². The highest BCUT2D eigenvalue weighted by Gasteiger charge is 2.31. The number of carbonyl (C=O) groups is 2. The van der Waals surface area contributed by atoms with E-state index in [0.717, 1.165) is 5.56 Å². The maximum atomic E-state index is 12.2. The minimum atomic E-state index is -0.934. The van der Waals surface area contributed by atoms with Crippen LogP contribution in [0.4, 0.5) is 0 Å². The van der Waals surface area contributed by atoms with E-state index >= 15 is 0 Å². The van der Waals surface area contributed by atoms with Crippen LogP contribution in [0.15, 0.2) is 24.3 Å². The SMILES string of the molecule is CC(CNC(=O)C(C)(C)c1ccccc1Cl)C(=O)O. The third-order valence-electron chi connectivity index (χ3n) is 3.11. The summed E-state index contributed by atoms with van der Waals surface area (Å²) in [6, 6.07) is 7.14. The molecule has 1 amide bonds. The highest BCUT2D eigenvalue weighted by Crippen LogP contribution is 2.29. The third-order valence-corrected chi connectivity index (χ3v) is 3.43. The summed E-state index contributed by atoms with van der Waals surface area (Å²) in [4.78, 5) is 22.9. The lowest BCUT2D eigenvalue weighted by atomic mass is 9.83. The van der Waals surface area contributed by atoms with Crippen LogP contribution >= 0.6 is 11.6 Å². The summed E-state index contributed by atoms with van der Waals surface area (Å²) < 4.78 is 0. The van der Waals surface area contributed by atoms with Crippen molar-refractivity contribution in [2.45, 2.75) is 26.2 Å². The largest absolute Gasteiger partial charge is 0.481 e. The molecule has 0 bridgehead atoms. The fraction of sp³-hybridized carbons (Fsp3) is 0.429. The van der Waals surface area contributed by atoms with Crippen LogP contribution in [0.3, 0.4) is 0 Å². The van der Waals surface area contributed by atoms with Crippen LogP contribution in [0.5, 0.6) is 0 Å². The molecule has 0 fully saturated rings. The Balaban J connectivity index is 2.80. The van der Waals surface area contributed by atoms with Gasteiger partial charge in [0.05, 0.1) is 11.3 Å². The maximum Gasteiger partial charge on any atom is 0.308 e. The Labute approximate surface area is 117 Å². The van der Waals surface area contributed by atoms with Gasteiger partial charge in [-0.3, -0.25) is 9.59 Å². The molecule has 0 heterocycles. The number of nitrogens with one attached hydrogen (secondary N) is 1. The Hall–Kier alpha value is -1.55. The summed E-state index contributed by atoms with van der Waals surface area (Å²) in [6.07, 6.45) is 0. The normalized spacial score (nSPS) is 12.8. The molecule has 0 spiro atoms. The molecule has 0 aliphatic carbocycles. The molecule has 0 aromatic heterocycles.